The largest absolute Gasteiger partial charge is 0.481 e. The zero-order valence-corrected chi connectivity index (χ0v) is 17.1. The van der Waals surface area contributed by atoms with Crippen molar-refractivity contribution in [3.05, 3.63) is 71.2 Å². The number of fused-ring (bicyclic) bond motifs is 1. The first-order valence-corrected chi connectivity index (χ1v) is 10.4. The summed E-state index contributed by atoms with van der Waals surface area (Å²) in [5, 5.41) is 12.4. The van der Waals surface area contributed by atoms with Gasteiger partial charge in [-0.1, -0.05) is 24.3 Å². The summed E-state index contributed by atoms with van der Waals surface area (Å²) < 4.78 is 41.8. The fourth-order valence-electron chi connectivity index (χ4n) is 5.52. The second kappa shape index (κ2) is 7.12. The van der Waals surface area contributed by atoms with Crippen LogP contribution in [-0.2, 0) is 11.3 Å². The summed E-state index contributed by atoms with van der Waals surface area (Å²) in [4.78, 5) is 24.1. The van der Waals surface area contributed by atoms with Crippen molar-refractivity contribution in [3.8, 4) is 0 Å². The normalized spacial score (nSPS) is 23.6. The van der Waals surface area contributed by atoms with Crippen molar-refractivity contribution in [1.82, 2.24) is 9.88 Å². The van der Waals surface area contributed by atoms with Gasteiger partial charge >= 0.3 is 5.97 Å². The predicted molar refractivity (Wildman–Crippen MR) is 111 cm³/mol. The summed E-state index contributed by atoms with van der Waals surface area (Å²) >= 11 is 0. The number of amides is 1. The van der Waals surface area contributed by atoms with E-state index in [1.54, 1.807) is 29.0 Å². The molecule has 3 saturated carbocycles. The van der Waals surface area contributed by atoms with E-state index in [2.05, 4.69) is 5.32 Å². The standard InChI is InChI=1S/C24H21F3N2O3/c25-18-6-5-17(22(32)28-24-11-23(12-24,13-24)9-19(30)31)20-16(18)7-8-29(20)10-14-1-3-15(4-2-14)21(26)27/h1-8,21H,9-13H2,(H,28,32)(H,30,31). The number of carboxylic acids is 1. The molecule has 1 heterocycles. The van der Waals surface area contributed by atoms with E-state index in [4.69, 9.17) is 5.11 Å². The van der Waals surface area contributed by atoms with Crippen LogP contribution >= 0.6 is 0 Å². The van der Waals surface area contributed by atoms with E-state index in [-0.39, 0.29) is 28.8 Å². The van der Waals surface area contributed by atoms with Crippen LogP contribution in [0.5, 0.6) is 0 Å². The third kappa shape index (κ3) is 3.34. The minimum Gasteiger partial charge on any atom is -0.481 e. The quantitative estimate of drug-likeness (QED) is 0.547. The van der Waals surface area contributed by atoms with Gasteiger partial charge in [0.25, 0.3) is 12.3 Å². The highest BCUT2D eigenvalue weighted by molar-refractivity contribution is 6.06. The number of aliphatic carboxylic acids is 1. The predicted octanol–water partition coefficient (Wildman–Crippen LogP) is 4.89. The number of nitrogens with one attached hydrogen (secondary N) is 1. The fourth-order valence-corrected chi connectivity index (χ4v) is 5.52. The lowest BCUT2D eigenvalue weighted by Crippen LogP contribution is -2.75. The van der Waals surface area contributed by atoms with Gasteiger partial charge in [0.1, 0.15) is 5.82 Å². The smallest absolute Gasteiger partial charge is 0.303 e. The maximum atomic E-state index is 14.4. The Bertz CT molecular complexity index is 1210. The van der Waals surface area contributed by atoms with Gasteiger partial charge in [-0.25, -0.2) is 13.2 Å². The lowest BCUT2D eigenvalue weighted by molar-refractivity contribution is -0.172. The van der Waals surface area contributed by atoms with Crippen LogP contribution in [0.3, 0.4) is 0 Å². The molecule has 0 radical (unpaired) electrons. The molecule has 8 heteroatoms. The minimum atomic E-state index is -2.55. The summed E-state index contributed by atoms with van der Waals surface area (Å²) in [6, 6.07) is 10.2. The lowest BCUT2D eigenvalue weighted by Gasteiger charge is -2.70. The first-order valence-electron chi connectivity index (χ1n) is 10.4. The number of carboxylic acid groups (broad SMARTS) is 1. The van der Waals surface area contributed by atoms with Crippen LogP contribution in [0.4, 0.5) is 13.2 Å². The molecular weight excluding hydrogens is 421 g/mol. The summed E-state index contributed by atoms with van der Waals surface area (Å²) in [7, 11) is 0. The summed E-state index contributed by atoms with van der Waals surface area (Å²) in [5.41, 5.74) is 0.853. The molecule has 1 aromatic heterocycles. The molecule has 3 aliphatic carbocycles. The van der Waals surface area contributed by atoms with Crippen molar-refractivity contribution in [2.75, 3.05) is 0 Å². The van der Waals surface area contributed by atoms with Crippen molar-refractivity contribution in [3.63, 3.8) is 0 Å². The number of nitrogens with zero attached hydrogens (tertiary/aromatic N) is 1. The van der Waals surface area contributed by atoms with Gasteiger partial charge in [-0.15, -0.1) is 0 Å². The second-order valence-electron chi connectivity index (χ2n) is 9.18. The van der Waals surface area contributed by atoms with Crippen LogP contribution in [0, 0.1) is 11.2 Å². The Kier molecular flexibility index (Phi) is 4.58. The van der Waals surface area contributed by atoms with E-state index in [1.807, 2.05) is 0 Å². The molecule has 0 spiro atoms. The number of aromatic nitrogens is 1. The molecule has 1 amide bonds. The van der Waals surface area contributed by atoms with Crippen molar-refractivity contribution >= 4 is 22.8 Å². The molecule has 3 aromatic rings. The number of carbonyl (C=O) groups is 2. The summed E-state index contributed by atoms with van der Waals surface area (Å²) in [6.45, 7) is 0.295. The van der Waals surface area contributed by atoms with E-state index >= 15 is 0 Å². The molecule has 3 aliphatic rings. The molecule has 3 fully saturated rings. The average molecular weight is 442 g/mol. The van der Waals surface area contributed by atoms with Crippen LogP contribution < -0.4 is 5.32 Å². The highest BCUT2D eigenvalue weighted by atomic mass is 19.3. The van der Waals surface area contributed by atoms with Crippen LogP contribution in [-0.4, -0.2) is 27.1 Å². The molecule has 6 rings (SSSR count). The number of hydrogen-bond acceptors (Lipinski definition) is 2. The summed E-state index contributed by atoms with van der Waals surface area (Å²) in [6.07, 6.45) is 1.15. The number of benzene rings is 2. The van der Waals surface area contributed by atoms with Crippen LogP contribution in [0.2, 0.25) is 0 Å². The van der Waals surface area contributed by atoms with Gasteiger partial charge in [0.05, 0.1) is 17.5 Å². The molecule has 2 N–H and O–H groups in total. The zero-order chi connectivity index (χ0) is 22.7. The molecule has 166 valence electrons. The third-order valence-electron chi connectivity index (χ3n) is 6.75. The Morgan fingerprint density at radius 1 is 1.06 bits per heavy atom. The Balaban J connectivity index is 1.39. The van der Waals surface area contributed by atoms with E-state index < -0.39 is 18.2 Å². The average Bonchev–Trinajstić information content (AvgIpc) is 3.10. The van der Waals surface area contributed by atoms with Gasteiger partial charge in [0, 0.05) is 29.2 Å². The molecule has 2 aromatic carbocycles. The number of carbonyl (C=O) groups excluding carboxylic acids is 1. The molecule has 5 nitrogen and oxygen atoms in total. The van der Waals surface area contributed by atoms with Crippen LogP contribution in [0.15, 0.2) is 48.7 Å². The Morgan fingerprint density at radius 2 is 1.75 bits per heavy atom. The zero-order valence-electron chi connectivity index (χ0n) is 17.1. The van der Waals surface area contributed by atoms with Crippen molar-refractivity contribution in [2.24, 2.45) is 5.41 Å². The Morgan fingerprint density at radius 3 is 2.38 bits per heavy atom. The van der Waals surface area contributed by atoms with Gasteiger partial charge in [-0.2, -0.15) is 0 Å². The molecular formula is C24H21F3N2O3. The highest BCUT2D eigenvalue weighted by Crippen LogP contribution is 2.69. The first kappa shape index (κ1) is 20.6. The van der Waals surface area contributed by atoms with E-state index in [0.717, 1.165) is 5.56 Å². The van der Waals surface area contributed by atoms with Crippen LogP contribution in [0.1, 0.15) is 53.6 Å². The number of halogens is 3. The van der Waals surface area contributed by atoms with Crippen molar-refractivity contribution < 1.29 is 27.9 Å². The maximum absolute atomic E-state index is 14.4. The Hall–Kier alpha value is -3.29. The van der Waals surface area contributed by atoms with Gasteiger partial charge in [-0.05, 0) is 48.4 Å². The number of rotatable bonds is 7. The van der Waals surface area contributed by atoms with Crippen molar-refractivity contribution in [2.45, 2.75) is 44.2 Å². The van der Waals surface area contributed by atoms with E-state index in [0.29, 0.717) is 42.3 Å². The lowest BCUT2D eigenvalue weighted by atomic mass is 9.38. The molecule has 0 aliphatic heterocycles. The summed E-state index contributed by atoms with van der Waals surface area (Å²) in [5.74, 6) is -1.61. The second-order valence-corrected chi connectivity index (χ2v) is 9.18. The number of hydrogen-bond donors (Lipinski definition) is 2. The van der Waals surface area contributed by atoms with E-state index in [9.17, 15) is 22.8 Å². The highest BCUT2D eigenvalue weighted by Gasteiger charge is 2.68. The molecule has 0 saturated heterocycles. The van der Waals surface area contributed by atoms with Crippen LogP contribution in [0.25, 0.3) is 10.9 Å². The van der Waals surface area contributed by atoms with Gasteiger partial charge in [-0.3, -0.25) is 9.59 Å². The number of alkyl halides is 2. The Labute approximate surface area is 181 Å². The maximum Gasteiger partial charge on any atom is 0.303 e. The molecule has 0 unspecified atom stereocenters. The van der Waals surface area contributed by atoms with Gasteiger partial charge < -0.3 is 15.0 Å². The molecule has 32 heavy (non-hydrogen) atoms. The molecule has 0 atom stereocenters. The third-order valence-corrected chi connectivity index (χ3v) is 6.75. The minimum absolute atomic E-state index is 0.0727. The fraction of sp³-hybridized carbons (Fsp3) is 0.333. The van der Waals surface area contributed by atoms with Crippen molar-refractivity contribution in [1.29, 1.82) is 0 Å². The SMILES string of the molecule is O=C(O)CC12CC(NC(=O)c3ccc(F)c4ccn(Cc5ccc(C(F)F)cc5)c34)(C1)C2. The van der Waals surface area contributed by atoms with E-state index in [1.165, 1.54) is 24.3 Å². The topological polar surface area (TPSA) is 71.3 Å². The monoisotopic (exact) mass is 442 g/mol. The van der Waals surface area contributed by atoms with Gasteiger partial charge in [0.15, 0.2) is 0 Å². The first-order chi connectivity index (χ1) is 15.2. The molecule has 2 bridgehead atoms. The van der Waals surface area contributed by atoms with Gasteiger partial charge in [0.2, 0.25) is 0 Å².